The maximum absolute atomic E-state index is 12.9. The van der Waals surface area contributed by atoms with Crippen molar-refractivity contribution >= 4 is 23.4 Å². The number of anilines is 1. The molecule has 0 radical (unpaired) electrons. The van der Waals surface area contributed by atoms with E-state index in [2.05, 4.69) is 15.3 Å². The predicted octanol–water partition coefficient (Wildman–Crippen LogP) is 6.56. The van der Waals surface area contributed by atoms with Crippen molar-refractivity contribution in [2.24, 2.45) is 0 Å². The third-order valence-corrected chi connectivity index (χ3v) is 5.50. The Kier molecular flexibility index (Phi) is 6.74. The zero-order valence-electron chi connectivity index (χ0n) is 17.2. The van der Waals surface area contributed by atoms with Gasteiger partial charge >= 0.3 is 6.18 Å². The maximum atomic E-state index is 12.9. The van der Waals surface area contributed by atoms with Gasteiger partial charge in [0.1, 0.15) is 0 Å². The van der Waals surface area contributed by atoms with Gasteiger partial charge in [-0.05, 0) is 24.3 Å². The van der Waals surface area contributed by atoms with Crippen molar-refractivity contribution in [3.8, 4) is 22.5 Å². The number of hydrogen-bond donors (Lipinski definition) is 1. The van der Waals surface area contributed by atoms with E-state index in [1.54, 1.807) is 0 Å². The summed E-state index contributed by atoms with van der Waals surface area (Å²) in [6.07, 6.45) is -4.48. The van der Waals surface area contributed by atoms with Crippen LogP contribution in [0.2, 0.25) is 0 Å². The smallest absolute Gasteiger partial charge is 0.325 e. The molecule has 0 bridgehead atoms. The van der Waals surface area contributed by atoms with Gasteiger partial charge < -0.3 is 5.32 Å². The molecule has 3 aromatic carbocycles. The summed E-state index contributed by atoms with van der Waals surface area (Å²) in [7, 11) is 0. The third kappa shape index (κ3) is 5.98. The first-order valence-electron chi connectivity index (χ1n) is 9.98. The van der Waals surface area contributed by atoms with Crippen LogP contribution in [0, 0.1) is 0 Å². The van der Waals surface area contributed by atoms with E-state index in [0.29, 0.717) is 16.5 Å². The molecule has 4 aromatic rings. The van der Waals surface area contributed by atoms with Gasteiger partial charge in [-0.1, -0.05) is 78.5 Å². The lowest BCUT2D eigenvalue weighted by Crippen LogP contribution is -2.15. The van der Waals surface area contributed by atoms with Crippen molar-refractivity contribution in [1.29, 1.82) is 0 Å². The summed E-state index contributed by atoms with van der Waals surface area (Å²) in [6, 6.07) is 25.6. The number of alkyl halides is 3. The number of carbonyl (C=O) groups is 1. The van der Waals surface area contributed by atoms with Gasteiger partial charge in [-0.15, -0.1) is 0 Å². The Bertz CT molecular complexity index is 1190. The van der Waals surface area contributed by atoms with Gasteiger partial charge in [0.15, 0.2) is 5.16 Å². The molecule has 1 N–H and O–H groups in total. The normalized spacial score (nSPS) is 11.2. The van der Waals surface area contributed by atoms with Crippen molar-refractivity contribution in [2.45, 2.75) is 11.3 Å². The number of aromatic nitrogens is 2. The van der Waals surface area contributed by atoms with Crippen LogP contribution in [0.1, 0.15) is 5.56 Å². The van der Waals surface area contributed by atoms with Crippen molar-refractivity contribution in [3.05, 3.63) is 96.6 Å². The van der Waals surface area contributed by atoms with Crippen LogP contribution < -0.4 is 5.32 Å². The topological polar surface area (TPSA) is 54.9 Å². The van der Waals surface area contributed by atoms with Crippen LogP contribution >= 0.6 is 11.8 Å². The maximum Gasteiger partial charge on any atom is 0.416 e. The van der Waals surface area contributed by atoms with Gasteiger partial charge in [-0.3, -0.25) is 4.79 Å². The third-order valence-electron chi connectivity index (χ3n) is 4.65. The first-order chi connectivity index (χ1) is 15.9. The zero-order valence-corrected chi connectivity index (χ0v) is 18.0. The van der Waals surface area contributed by atoms with E-state index in [0.717, 1.165) is 35.0 Å². The Balaban J connectivity index is 1.53. The first-order valence-corrected chi connectivity index (χ1v) is 11.0. The van der Waals surface area contributed by atoms with Gasteiger partial charge in [-0.25, -0.2) is 9.97 Å². The Morgan fingerprint density at radius 2 is 1.36 bits per heavy atom. The molecule has 1 heterocycles. The van der Waals surface area contributed by atoms with Crippen LogP contribution in [0.3, 0.4) is 0 Å². The standard InChI is InChI=1S/C25H18F3N3OS/c26-25(27,28)19-12-7-13-20(14-19)29-23(32)16-33-24-30-21(17-8-3-1-4-9-17)15-22(31-24)18-10-5-2-6-11-18/h1-15H,16H2,(H,29,32). The van der Waals surface area contributed by atoms with Gasteiger partial charge in [0.2, 0.25) is 5.91 Å². The number of carbonyl (C=O) groups excluding carboxylic acids is 1. The SMILES string of the molecule is O=C(CSc1nc(-c2ccccc2)cc(-c2ccccc2)n1)Nc1cccc(C(F)(F)F)c1. The lowest BCUT2D eigenvalue weighted by Gasteiger charge is -2.10. The Morgan fingerprint density at radius 3 is 1.91 bits per heavy atom. The quantitative estimate of drug-likeness (QED) is 0.259. The molecular formula is C25H18F3N3OS. The summed E-state index contributed by atoms with van der Waals surface area (Å²) < 4.78 is 38.7. The molecule has 0 unspecified atom stereocenters. The second-order valence-corrected chi connectivity index (χ2v) is 8.01. The van der Waals surface area contributed by atoms with Crippen molar-refractivity contribution < 1.29 is 18.0 Å². The molecule has 1 aromatic heterocycles. The fourth-order valence-electron chi connectivity index (χ4n) is 3.10. The Morgan fingerprint density at radius 1 is 0.788 bits per heavy atom. The predicted molar refractivity (Wildman–Crippen MR) is 124 cm³/mol. The molecule has 0 saturated heterocycles. The largest absolute Gasteiger partial charge is 0.416 e. The number of nitrogens with zero attached hydrogens (tertiary/aromatic N) is 2. The number of amides is 1. The molecule has 0 aliphatic rings. The second-order valence-electron chi connectivity index (χ2n) is 7.07. The highest BCUT2D eigenvalue weighted by atomic mass is 32.2. The van der Waals surface area contributed by atoms with E-state index in [1.807, 2.05) is 66.7 Å². The van der Waals surface area contributed by atoms with Crippen LogP contribution in [-0.4, -0.2) is 21.6 Å². The minimum Gasteiger partial charge on any atom is -0.325 e. The van der Waals surface area contributed by atoms with Gasteiger partial charge in [0, 0.05) is 16.8 Å². The highest BCUT2D eigenvalue weighted by Crippen LogP contribution is 2.31. The number of rotatable bonds is 6. The summed E-state index contributed by atoms with van der Waals surface area (Å²) >= 11 is 1.12. The summed E-state index contributed by atoms with van der Waals surface area (Å²) in [5.41, 5.74) is 2.51. The van der Waals surface area contributed by atoms with E-state index in [-0.39, 0.29) is 11.4 Å². The summed E-state index contributed by atoms with van der Waals surface area (Å²) in [5.74, 6) is -0.503. The molecule has 33 heavy (non-hydrogen) atoms. The summed E-state index contributed by atoms with van der Waals surface area (Å²) in [6.45, 7) is 0. The average molecular weight is 466 g/mol. The van der Waals surface area contributed by atoms with Crippen LogP contribution in [0.15, 0.2) is 96.2 Å². The molecule has 0 aliphatic heterocycles. The van der Waals surface area contributed by atoms with E-state index >= 15 is 0 Å². The number of thioether (sulfide) groups is 1. The highest BCUT2D eigenvalue weighted by Gasteiger charge is 2.30. The molecule has 0 spiro atoms. The number of hydrogen-bond acceptors (Lipinski definition) is 4. The Hall–Kier alpha value is -3.65. The van der Waals surface area contributed by atoms with Crippen molar-refractivity contribution in [1.82, 2.24) is 9.97 Å². The highest BCUT2D eigenvalue weighted by molar-refractivity contribution is 7.99. The second kappa shape index (κ2) is 9.87. The molecule has 1 amide bonds. The molecule has 4 rings (SSSR count). The first kappa shape index (κ1) is 22.5. The molecule has 0 aliphatic carbocycles. The molecule has 0 fully saturated rings. The number of nitrogens with one attached hydrogen (secondary N) is 1. The lowest BCUT2D eigenvalue weighted by atomic mass is 10.1. The molecule has 166 valence electrons. The van der Waals surface area contributed by atoms with Crippen LogP contribution in [-0.2, 0) is 11.0 Å². The summed E-state index contributed by atoms with van der Waals surface area (Å²) in [4.78, 5) is 21.5. The van der Waals surface area contributed by atoms with Crippen LogP contribution in [0.5, 0.6) is 0 Å². The molecule has 8 heteroatoms. The van der Waals surface area contributed by atoms with E-state index < -0.39 is 17.6 Å². The average Bonchev–Trinajstić information content (AvgIpc) is 2.83. The van der Waals surface area contributed by atoms with Gasteiger partial charge in [0.25, 0.3) is 0 Å². The van der Waals surface area contributed by atoms with Crippen molar-refractivity contribution in [2.75, 3.05) is 11.1 Å². The van der Waals surface area contributed by atoms with Gasteiger partial charge in [0.05, 0.1) is 22.7 Å². The van der Waals surface area contributed by atoms with E-state index in [9.17, 15) is 18.0 Å². The molecule has 0 atom stereocenters. The summed E-state index contributed by atoms with van der Waals surface area (Å²) in [5, 5.41) is 2.90. The lowest BCUT2D eigenvalue weighted by molar-refractivity contribution is -0.137. The van der Waals surface area contributed by atoms with E-state index in [4.69, 9.17) is 0 Å². The van der Waals surface area contributed by atoms with E-state index in [1.165, 1.54) is 12.1 Å². The monoisotopic (exact) mass is 465 g/mol. The fourth-order valence-corrected chi connectivity index (χ4v) is 3.76. The molecule has 0 saturated carbocycles. The number of halogens is 3. The zero-order chi connectivity index (χ0) is 23.3. The van der Waals surface area contributed by atoms with Crippen molar-refractivity contribution in [3.63, 3.8) is 0 Å². The minimum absolute atomic E-state index is 0.0529. The number of benzene rings is 3. The molecular weight excluding hydrogens is 447 g/mol. The van der Waals surface area contributed by atoms with Crippen LogP contribution in [0.25, 0.3) is 22.5 Å². The van der Waals surface area contributed by atoms with Crippen LogP contribution in [0.4, 0.5) is 18.9 Å². The van der Waals surface area contributed by atoms with Gasteiger partial charge in [-0.2, -0.15) is 13.2 Å². The molecule has 4 nitrogen and oxygen atoms in total. The Labute approximate surface area is 192 Å². The minimum atomic E-state index is -4.48. The fraction of sp³-hybridized carbons (Fsp3) is 0.0800.